The lowest BCUT2D eigenvalue weighted by Crippen LogP contribution is -2.36. The maximum atomic E-state index is 13.0. The highest BCUT2D eigenvalue weighted by atomic mass is 32.2. The molecule has 0 aliphatic heterocycles. The lowest BCUT2D eigenvalue weighted by molar-refractivity contribution is 0.217. The molecule has 1 heterocycles. The minimum Gasteiger partial charge on any atom is -0.395 e. The first-order chi connectivity index (χ1) is 11.4. The second-order valence-electron chi connectivity index (χ2n) is 5.63. The Morgan fingerprint density at radius 1 is 1.12 bits per heavy atom. The van der Waals surface area contributed by atoms with Gasteiger partial charge in [0, 0.05) is 30.9 Å². The van der Waals surface area contributed by atoms with Crippen molar-refractivity contribution in [3.05, 3.63) is 36.5 Å². The van der Waals surface area contributed by atoms with Gasteiger partial charge < -0.3 is 10.2 Å². The Kier molecular flexibility index (Phi) is 6.11. The van der Waals surface area contributed by atoms with Crippen molar-refractivity contribution in [3.63, 3.8) is 0 Å². The Morgan fingerprint density at radius 2 is 1.71 bits per heavy atom. The third-order valence-corrected chi connectivity index (χ3v) is 5.49. The van der Waals surface area contributed by atoms with Crippen LogP contribution in [0.2, 0.25) is 0 Å². The van der Waals surface area contributed by atoms with E-state index in [1.165, 1.54) is 6.20 Å². The lowest BCUT2D eigenvalue weighted by Gasteiger charge is -2.20. The Balaban J connectivity index is 2.59. The molecule has 0 aliphatic rings. The average Bonchev–Trinajstić information content (AvgIpc) is 3.02. The van der Waals surface area contributed by atoms with E-state index in [1.807, 2.05) is 32.0 Å². The van der Waals surface area contributed by atoms with E-state index < -0.39 is 10.0 Å². The van der Waals surface area contributed by atoms with E-state index in [4.69, 9.17) is 10.2 Å². The van der Waals surface area contributed by atoms with Crippen LogP contribution >= 0.6 is 0 Å². The van der Waals surface area contributed by atoms with Crippen LogP contribution in [0.4, 0.5) is 0 Å². The van der Waals surface area contributed by atoms with Gasteiger partial charge in [0.2, 0.25) is 10.0 Å². The smallest absolute Gasteiger partial charge is 0.246 e. The second-order valence-corrected chi connectivity index (χ2v) is 7.54. The fourth-order valence-electron chi connectivity index (χ4n) is 2.34. The van der Waals surface area contributed by atoms with Crippen molar-refractivity contribution in [1.82, 2.24) is 14.1 Å². The molecule has 0 atom stereocenters. The fraction of sp³-hybridized carbons (Fsp3) is 0.438. The van der Waals surface area contributed by atoms with Gasteiger partial charge in [-0.2, -0.15) is 9.40 Å². The zero-order chi connectivity index (χ0) is 17.7. The molecule has 132 valence electrons. The van der Waals surface area contributed by atoms with Crippen LogP contribution in [-0.4, -0.2) is 59.0 Å². The molecule has 0 saturated heterocycles. The van der Waals surface area contributed by atoms with Crippen LogP contribution in [0.5, 0.6) is 0 Å². The molecule has 0 amide bonds. The highest BCUT2D eigenvalue weighted by Gasteiger charge is 2.30. The zero-order valence-corrected chi connectivity index (χ0v) is 14.6. The van der Waals surface area contributed by atoms with E-state index >= 15 is 0 Å². The van der Waals surface area contributed by atoms with E-state index in [9.17, 15) is 8.42 Å². The minimum absolute atomic E-state index is 0.000505. The van der Waals surface area contributed by atoms with Gasteiger partial charge in [0.15, 0.2) is 0 Å². The molecule has 0 fully saturated rings. The van der Waals surface area contributed by atoms with Crippen LogP contribution in [0.15, 0.2) is 41.4 Å². The summed E-state index contributed by atoms with van der Waals surface area (Å²) in [5.41, 5.74) is 1.06. The SMILES string of the molecule is CC(C)n1cc(S(=O)(=O)N(CCO)CCO)c(-c2ccccc2)n1. The Bertz CT molecular complexity index is 751. The van der Waals surface area contributed by atoms with Gasteiger partial charge >= 0.3 is 0 Å². The van der Waals surface area contributed by atoms with Gasteiger partial charge in [-0.1, -0.05) is 30.3 Å². The molecule has 0 saturated carbocycles. The summed E-state index contributed by atoms with van der Waals surface area (Å²) in [6.45, 7) is 3.03. The average molecular weight is 353 g/mol. The van der Waals surface area contributed by atoms with Gasteiger partial charge in [-0.3, -0.25) is 4.68 Å². The molecule has 7 nitrogen and oxygen atoms in total. The lowest BCUT2D eigenvalue weighted by atomic mass is 10.2. The number of nitrogens with zero attached hydrogens (tertiary/aromatic N) is 3. The van der Waals surface area contributed by atoms with Crippen molar-refractivity contribution < 1.29 is 18.6 Å². The molecule has 8 heteroatoms. The number of hydrogen-bond donors (Lipinski definition) is 2. The van der Waals surface area contributed by atoms with Crippen LogP contribution in [-0.2, 0) is 10.0 Å². The summed E-state index contributed by atoms with van der Waals surface area (Å²) < 4.78 is 28.7. The summed E-state index contributed by atoms with van der Waals surface area (Å²) in [5.74, 6) is 0. The van der Waals surface area contributed by atoms with Gasteiger partial charge in [0.25, 0.3) is 0 Å². The fourth-order valence-corrected chi connectivity index (χ4v) is 3.90. The Labute approximate surface area is 142 Å². The molecule has 0 spiro atoms. The molecule has 2 aromatic rings. The third-order valence-electron chi connectivity index (χ3n) is 3.59. The maximum absolute atomic E-state index is 13.0. The number of aromatic nitrogens is 2. The van der Waals surface area contributed by atoms with Gasteiger partial charge in [-0.05, 0) is 13.8 Å². The third kappa shape index (κ3) is 3.84. The number of hydrogen-bond acceptors (Lipinski definition) is 5. The van der Waals surface area contributed by atoms with Crippen molar-refractivity contribution in [1.29, 1.82) is 0 Å². The monoisotopic (exact) mass is 353 g/mol. The van der Waals surface area contributed by atoms with Crippen molar-refractivity contribution in [2.45, 2.75) is 24.8 Å². The van der Waals surface area contributed by atoms with Gasteiger partial charge in [0.1, 0.15) is 10.6 Å². The normalized spacial score (nSPS) is 12.2. The maximum Gasteiger partial charge on any atom is 0.246 e. The molecule has 1 aromatic carbocycles. The van der Waals surface area contributed by atoms with E-state index in [1.54, 1.807) is 16.8 Å². The van der Waals surface area contributed by atoms with Crippen molar-refractivity contribution in [2.75, 3.05) is 26.3 Å². The van der Waals surface area contributed by atoms with Crippen LogP contribution in [0.25, 0.3) is 11.3 Å². The van der Waals surface area contributed by atoms with Gasteiger partial charge in [0.05, 0.1) is 13.2 Å². The summed E-state index contributed by atoms with van der Waals surface area (Å²) in [5, 5.41) is 22.7. The number of aliphatic hydroxyl groups is 2. The molecule has 2 rings (SSSR count). The molecule has 0 unspecified atom stereocenters. The standard InChI is InChI=1S/C16H23N3O4S/c1-13(2)19-12-15(16(17-19)14-6-4-3-5-7-14)24(22,23)18(8-10-20)9-11-21/h3-7,12-13,20-21H,8-11H2,1-2H3. The summed E-state index contributed by atoms with van der Waals surface area (Å²) in [7, 11) is -3.89. The number of sulfonamides is 1. The van der Waals surface area contributed by atoms with E-state index in [0.717, 1.165) is 4.31 Å². The van der Waals surface area contributed by atoms with Crippen LogP contribution in [0.1, 0.15) is 19.9 Å². The Morgan fingerprint density at radius 3 is 2.21 bits per heavy atom. The summed E-state index contributed by atoms with van der Waals surface area (Å²) in [6, 6.07) is 9.09. The van der Waals surface area contributed by atoms with Crippen LogP contribution in [0.3, 0.4) is 0 Å². The summed E-state index contributed by atoms with van der Waals surface area (Å²) in [4.78, 5) is 0.0734. The predicted octanol–water partition coefficient (Wildman–Crippen LogP) is 1.11. The highest BCUT2D eigenvalue weighted by Crippen LogP contribution is 2.29. The number of rotatable bonds is 8. The highest BCUT2D eigenvalue weighted by molar-refractivity contribution is 7.89. The first-order valence-corrected chi connectivity index (χ1v) is 9.22. The second kappa shape index (κ2) is 7.89. The van der Waals surface area contributed by atoms with Crippen molar-refractivity contribution >= 4 is 10.0 Å². The first-order valence-electron chi connectivity index (χ1n) is 7.78. The molecule has 24 heavy (non-hydrogen) atoms. The molecule has 0 bridgehead atoms. The minimum atomic E-state index is -3.89. The molecule has 2 N–H and O–H groups in total. The summed E-state index contributed by atoms with van der Waals surface area (Å²) in [6.07, 6.45) is 1.50. The van der Waals surface area contributed by atoms with Gasteiger partial charge in [-0.25, -0.2) is 8.42 Å². The van der Waals surface area contributed by atoms with Crippen LogP contribution < -0.4 is 0 Å². The predicted molar refractivity (Wildman–Crippen MR) is 91.0 cm³/mol. The quantitative estimate of drug-likeness (QED) is 0.741. The van der Waals surface area contributed by atoms with Crippen LogP contribution in [0, 0.1) is 0 Å². The molecule has 1 aromatic heterocycles. The zero-order valence-electron chi connectivity index (χ0n) is 13.8. The largest absolute Gasteiger partial charge is 0.395 e. The molecular weight excluding hydrogens is 330 g/mol. The van der Waals surface area contributed by atoms with E-state index in [2.05, 4.69) is 5.10 Å². The van der Waals surface area contributed by atoms with Crippen molar-refractivity contribution in [3.8, 4) is 11.3 Å². The molecule has 0 radical (unpaired) electrons. The van der Waals surface area contributed by atoms with Crippen molar-refractivity contribution in [2.24, 2.45) is 0 Å². The first kappa shape index (κ1) is 18.6. The topological polar surface area (TPSA) is 95.7 Å². The number of aliphatic hydroxyl groups excluding tert-OH is 2. The number of benzene rings is 1. The van der Waals surface area contributed by atoms with Gasteiger partial charge in [-0.15, -0.1) is 0 Å². The summed E-state index contributed by atoms with van der Waals surface area (Å²) >= 11 is 0. The van der Waals surface area contributed by atoms with E-state index in [0.29, 0.717) is 11.3 Å². The van der Waals surface area contributed by atoms with E-state index in [-0.39, 0.29) is 37.2 Å². The Hall–Kier alpha value is -1.74. The molecular formula is C16H23N3O4S. The molecule has 0 aliphatic carbocycles.